The molecule has 1 aromatic heterocycles. The molecule has 4 nitrogen and oxygen atoms in total. The van der Waals surface area contributed by atoms with Crippen LogP contribution in [0.2, 0.25) is 0 Å². The first-order valence-electron chi connectivity index (χ1n) is 9.52. The monoisotopic (exact) mass is 411 g/mol. The summed E-state index contributed by atoms with van der Waals surface area (Å²) in [5.41, 5.74) is -0.315. The second kappa shape index (κ2) is 9.60. The van der Waals surface area contributed by atoms with Crippen molar-refractivity contribution < 1.29 is 18.0 Å². The van der Waals surface area contributed by atoms with Crippen molar-refractivity contribution >= 4 is 28.6 Å². The summed E-state index contributed by atoms with van der Waals surface area (Å²) in [6.07, 6.45) is 0.576. The van der Waals surface area contributed by atoms with Gasteiger partial charge in [-0.3, -0.25) is 9.78 Å². The molecule has 3 rings (SSSR count). The molecule has 0 bridgehead atoms. The number of aromatic nitrogens is 1. The molecule has 28 heavy (non-hydrogen) atoms. The van der Waals surface area contributed by atoms with Crippen molar-refractivity contribution in [2.45, 2.75) is 36.8 Å². The number of piperazine rings is 1. The van der Waals surface area contributed by atoms with Gasteiger partial charge in [-0.2, -0.15) is 13.2 Å². The number of nitrogens with zero attached hydrogens (tertiary/aromatic N) is 2. The van der Waals surface area contributed by atoms with E-state index in [1.54, 1.807) is 18.0 Å². The van der Waals surface area contributed by atoms with Crippen molar-refractivity contribution in [2.24, 2.45) is 0 Å². The van der Waals surface area contributed by atoms with Crippen LogP contribution in [-0.4, -0.2) is 47.7 Å². The van der Waals surface area contributed by atoms with Crippen LogP contribution < -0.4 is 5.32 Å². The third-order valence-electron chi connectivity index (χ3n) is 4.79. The van der Waals surface area contributed by atoms with E-state index in [4.69, 9.17) is 0 Å². The molecular weight excluding hydrogens is 387 g/mol. The number of pyridine rings is 1. The molecule has 0 saturated carbocycles. The van der Waals surface area contributed by atoms with Crippen LogP contribution in [0.1, 0.15) is 31.2 Å². The minimum Gasteiger partial charge on any atom is -0.340 e. The van der Waals surface area contributed by atoms with Gasteiger partial charge in [-0.05, 0) is 36.8 Å². The number of unbranched alkanes of at least 4 members (excludes halogenated alkanes) is 2. The van der Waals surface area contributed by atoms with Crippen molar-refractivity contribution in [3.8, 4) is 0 Å². The molecule has 2 heterocycles. The number of hydrogen-bond donors (Lipinski definition) is 1. The van der Waals surface area contributed by atoms with Gasteiger partial charge in [-0.1, -0.05) is 12.5 Å². The lowest BCUT2D eigenvalue weighted by Crippen LogP contribution is -2.46. The first-order valence-corrected chi connectivity index (χ1v) is 10.5. The topological polar surface area (TPSA) is 45.2 Å². The average Bonchev–Trinajstić information content (AvgIpc) is 2.70. The Balaban J connectivity index is 1.44. The third-order valence-corrected chi connectivity index (χ3v) is 5.95. The fourth-order valence-corrected chi connectivity index (χ4v) is 4.29. The van der Waals surface area contributed by atoms with Crippen LogP contribution in [0, 0.1) is 0 Å². The van der Waals surface area contributed by atoms with Crippen LogP contribution in [-0.2, 0) is 11.0 Å². The molecule has 0 atom stereocenters. The largest absolute Gasteiger partial charge is 0.416 e. The predicted molar refractivity (Wildman–Crippen MR) is 105 cm³/mol. The van der Waals surface area contributed by atoms with E-state index in [0.717, 1.165) is 73.6 Å². The fourth-order valence-electron chi connectivity index (χ4n) is 3.23. The summed E-state index contributed by atoms with van der Waals surface area (Å²) >= 11 is 1.63. The highest BCUT2D eigenvalue weighted by atomic mass is 32.2. The van der Waals surface area contributed by atoms with Crippen LogP contribution in [0.4, 0.5) is 13.2 Å². The first-order chi connectivity index (χ1) is 13.4. The van der Waals surface area contributed by atoms with Crippen molar-refractivity contribution in [1.29, 1.82) is 0 Å². The Labute approximate surface area is 166 Å². The van der Waals surface area contributed by atoms with E-state index in [0.29, 0.717) is 11.9 Å². The number of halogens is 3. The lowest BCUT2D eigenvalue weighted by molar-refractivity contribution is -0.137. The Bertz CT molecular complexity index is 807. The smallest absolute Gasteiger partial charge is 0.340 e. The standard InChI is InChI=1S/C20H24F3N3OS/c21-20(22,23)15-5-6-16-17(14-15)25-8-7-18(16)28-13-3-1-2-4-19(27)26-11-9-24-10-12-26/h5-8,14,24H,1-4,9-13H2. The van der Waals surface area contributed by atoms with Gasteiger partial charge in [-0.25, -0.2) is 0 Å². The molecule has 1 N–H and O–H groups in total. The highest BCUT2D eigenvalue weighted by Gasteiger charge is 2.30. The van der Waals surface area contributed by atoms with E-state index in [2.05, 4.69) is 10.3 Å². The van der Waals surface area contributed by atoms with Crippen molar-refractivity contribution in [3.63, 3.8) is 0 Å². The Morgan fingerprint density at radius 1 is 1.14 bits per heavy atom. The summed E-state index contributed by atoms with van der Waals surface area (Å²) in [5.74, 6) is 1.09. The molecule has 152 valence electrons. The van der Waals surface area contributed by atoms with Gasteiger partial charge < -0.3 is 10.2 Å². The van der Waals surface area contributed by atoms with Crippen LogP contribution >= 0.6 is 11.8 Å². The minimum atomic E-state index is -4.36. The SMILES string of the molecule is O=C(CCCCCSc1ccnc2cc(C(F)(F)F)ccc12)N1CCNCC1. The Kier molecular flexibility index (Phi) is 7.18. The van der Waals surface area contributed by atoms with Crippen molar-refractivity contribution in [2.75, 3.05) is 31.9 Å². The zero-order chi connectivity index (χ0) is 20.0. The number of alkyl halides is 3. The number of benzene rings is 1. The van der Waals surface area contributed by atoms with Crippen molar-refractivity contribution in [1.82, 2.24) is 15.2 Å². The number of fused-ring (bicyclic) bond motifs is 1. The quantitative estimate of drug-likeness (QED) is 0.544. The Morgan fingerprint density at radius 3 is 2.68 bits per heavy atom. The molecule has 0 radical (unpaired) electrons. The number of carbonyl (C=O) groups excluding carboxylic acids is 1. The van der Waals surface area contributed by atoms with Crippen LogP contribution in [0.25, 0.3) is 10.9 Å². The number of nitrogens with one attached hydrogen (secondary N) is 1. The first kappa shape index (κ1) is 20.9. The molecule has 0 unspecified atom stereocenters. The second-order valence-corrected chi connectivity index (χ2v) is 7.97. The number of thioether (sulfide) groups is 1. The second-order valence-electron chi connectivity index (χ2n) is 6.83. The van der Waals surface area contributed by atoms with E-state index in [1.807, 2.05) is 11.0 Å². The van der Waals surface area contributed by atoms with E-state index in [1.165, 1.54) is 6.07 Å². The Morgan fingerprint density at radius 2 is 1.93 bits per heavy atom. The van der Waals surface area contributed by atoms with Gasteiger partial charge in [-0.15, -0.1) is 11.8 Å². The van der Waals surface area contributed by atoms with Gasteiger partial charge in [0.1, 0.15) is 0 Å². The normalized spacial score (nSPS) is 15.2. The van der Waals surface area contributed by atoms with Crippen molar-refractivity contribution in [3.05, 3.63) is 36.0 Å². The van der Waals surface area contributed by atoms with Gasteiger partial charge in [0.05, 0.1) is 11.1 Å². The van der Waals surface area contributed by atoms with Crippen LogP contribution in [0.15, 0.2) is 35.4 Å². The molecule has 1 aliphatic rings. The summed E-state index contributed by atoms with van der Waals surface area (Å²) in [7, 11) is 0. The molecule has 0 spiro atoms. The van der Waals surface area contributed by atoms with Crippen LogP contribution in [0.3, 0.4) is 0 Å². The Hall–Kier alpha value is -1.80. The lowest BCUT2D eigenvalue weighted by Gasteiger charge is -2.27. The van der Waals surface area contributed by atoms with Gasteiger partial charge in [0.2, 0.25) is 5.91 Å². The zero-order valence-corrected chi connectivity index (χ0v) is 16.4. The predicted octanol–water partition coefficient (Wildman–Crippen LogP) is 4.34. The molecule has 1 aromatic carbocycles. The maximum Gasteiger partial charge on any atom is 0.416 e. The highest BCUT2D eigenvalue weighted by molar-refractivity contribution is 7.99. The third kappa shape index (κ3) is 5.61. The summed E-state index contributed by atoms with van der Waals surface area (Å²) in [6.45, 7) is 3.32. The number of hydrogen-bond acceptors (Lipinski definition) is 4. The van der Waals surface area contributed by atoms with Crippen LogP contribution in [0.5, 0.6) is 0 Å². The van der Waals surface area contributed by atoms with E-state index < -0.39 is 11.7 Å². The van der Waals surface area contributed by atoms with Gasteiger partial charge in [0.25, 0.3) is 0 Å². The van der Waals surface area contributed by atoms with Gasteiger partial charge >= 0.3 is 6.18 Å². The summed E-state index contributed by atoms with van der Waals surface area (Å²) in [6, 6.07) is 5.55. The zero-order valence-electron chi connectivity index (χ0n) is 15.6. The maximum absolute atomic E-state index is 12.8. The molecule has 1 amide bonds. The molecular formula is C20H24F3N3OS. The fraction of sp³-hybridized carbons (Fsp3) is 0.500. The molecule has 2 aromatic rings. The maximum atomic E-state index is 12.8. The van der Waals surface area contributed by atoms with Gasteiger partial charge in [0, 0.05) is 49.1 Å². The molecule has 1 aliphatic heterocycles. The van der Waals surface area contributed by atoms with E-state index >= 15 is 0 Å². The molecule has 0 aliphatic carbocycles. The lowest BCUT2D eigenvalue weighted by atomic mass is 10.1. The molecule has 1 saturated heterocycles. The summed E-state index contributed by atoms with van der Waals surface area (Å²) < 4.78 is 38.5. The van der Waals surface area contributed by atoms with E-state index in [-0.39, 0.29) is 5.91 Å². The highest BCUT2D eigenvalue weighted by Crippen LogP contribution is 2.33. The van der Waals surface area contributed by atoms with E-state index in [9.17, 15) is 18.0 Å². The van der Waals surface area contributed by atoms with Gasteiger partial charge in [0.15, 0.2) is 0 Å². The molecule has 8 heteroatoms. The number of amides is 1. The number of rotatable bonds is 7. The summed E-state index contributed by atoms with van der Waals surface area (Å²) in [5, 5.41) is 3.98. The minimum absolute atomic E-state index is 0.231. The molecule has 1 fully saturated rings. The average molecular weight is 411 g/mol. The number of carbonyl (C=O) groups is 1. The summed E-state index contributed by atoms with van der Waals surface area (Å²) in [4.78, 5) is 19.0.